The van der Waals surface area contributed by atoms with Crippen LogP contribution in [-0.4, -0.2) is 4.70 Å². The van der Waals surface area contributed by atoms with Crippen molar-refractivity contribution in [3.63, 3.8) is 0 Å². The van der Waals surface area contributed by atoms with Crippen LogP contribution in [0.1, 0.15) is 299 Å². The van der Waals surface area contributed by atoms with Gasteiger partial charge in [0.2, 0.25) is 11.4 Å². The van der Waals surface area contributed by atoms with Gasteiger partial charge < -0.3 is 5.53 Å². The zero-order valence-electron chi connectivity index (χ0n) is 46.4. The van der Waals surface area contributed by atoms with Gasteiger partial charge in [-0.3, -0.25) is 0 Å². The second-order valence-electron chi connectivity index (χ2n) is 20.2. The van der Waals surface area contributed by atoms with Crippen LogP contribution in [0.2, 0.25) is 0 Å². The molecule has 0 fully saturated rings. The van der Waals surface area contributed by atoms with Crippen molar-refractivity contribution in [2.45, 2.75) is 293 Å². The molecule has 68 heavy (non-hydrogen) atoms. The van der Waals surface area contributed by atoms with E-state index in [1.165, 1.54) is 214 Å². The van der Waals surface area contributed by atoms with Gasteiger partial charge in [0.15, 0.2) is 0 Å². The second-order valence-corrected chi connectivity index (χ2v) is 21.8. The van der Waals surface area contributed by atoms with Crippen LogP contribution in [0.5, 0.6) is 0 Å². The molecule has 1 aliphatic heterocycles. The largest absolute Gasteiger partial charge is 0.493 e. The van der Waals surface area contributed by atoms with Gasteiger partial charge in [-0.1, -0.05) is 113 Å². The van der Waals surface area contributed by atoms with Crippen LogP contribution in [0.15, 0.2) is 57.2 Å². The van der Waals surface area contributed by atoms with Crippen LogP contribution in [0.3, 0.4) is 0 Å². The predicted octanol–water partition coefficient (Wildman–Crippen LogP) is 21.7. The Bertz CT molecular complexity index is 1660. The van der Waals surface area contributed by atoms with Crippen molar-refractivity contribution in [2.24, 2.45) is 0 Å². The van der Waals surface area contributed by atoms with Crippen LogP contribution < -0.4 is 0 Å². The van der Waals surface area contributed by atoms with E-state index in [-0.39, 0.29) is 0 Å². The van der Waals surface area contributed by atoms with E-state index in [4.69, 9.17) is 0 Å². The Morgan fingerprint density at radius 3 is 1.16 bits per heavy atom. The van der Waals surface area contributed by atoms with E-state index in [9.17, 15) is 5.53 Å². The SMILES string of the molecule is CCCCCCCC=[CH][Pd][CH]=CCCCCCCC.CCCCCc1cc(C2=C(CCCC)C=C(c3cc(CCCC)c(CCCC)c(CCCC)c3)[N+]2=[N-])cc(CCCCC)c1CCCCC. The summed E-state index contributed by atoms with van der Waals surface area (Å²) in [5.74, 6) is 0. The molecule has 0 aromatic heterocycles. The van der Waals surface area contributed by atoms with E-state index in [0.717, 1.165) is 56.3 Å². The first-order valence-corrected chi connectivity index (χ1v) is 31.3. The average molecular weight is 1020 g/mol. The van der Waals surface area contributed by atoms with Crippen molar-refractivity contribution in [1.82, 2.24) is 0 Å². The van der Waals surface area contributed by atoms with Crippen LogP contribution in [0.25, 0.3) is 16.9 Å². The van der Waals surface area contributed by atoms with E-state index < -0.39 is 0 Å². The molecule has 2 aromatic rings. The Hall–Kier alpha value is -2.34. The number of allylic oxidation sites excluding steroid dienone is 4. The van der Waals surface area contributed by atoms with Crippen molar-refractivity contribution < 1.29 is 22.7 Å². The molecule has 0 aliphatic carbocycles. The topological polar surface area (TPSA) is 25.3 Å². The molecular formula is C65H108N2Pd. The molecule has 0 spiro atoms. The Kier molecular flexibility index (Phi) is 37.5. The van der Waals surface area contributed by atoms with Crippen LogP contribution in [0, 0.1) is 0 Å². The molecular weight excluding hydrogens is 915 g/mol. The maximum absolute atomic E-state index is 12.3. The number of hydrogen-bond donors (Lipinski definition) is 0. The quantitative estimate of drug-likeness (QED) is 0.0361. The van der Waals surface area contributed by atoms with Crippen molar-refractivity contribution >= 4 is 11.4 Å². The summed E-state index contributed by atoms with van der Waals surface area (Å²) in [7, 11) is 0. The normalized spacial score (nSPS) is 12.9. The number of hydrogen-bond acceptors (Lipinski definition) is 0. The standard InChI is InChI=1S/C47H74N2.2C9H17.Pd/c1-8-15-22-28-39-34-43(35-40(29-23-16-9-2)45(39)31-24-17-10-3)47-41(27-20-13-6)36-46(49(47)48)42-32-37(25-18-11-4)44(30-21-14-7)38(33-42)26-19-12-5;2*1-3-5-7-9-8-6-4-2;/h32-36H,8-31H2,1-7H3;2*1,3H,4-9H2,2H3;. The fourth-order valence-corrected chi connectivity index (χ4v) is 10.9. The van der Waals surface area contributed by atoms with E-state index >= 15 is 0 Å². The fraction of sp³-hybridized carbons (Fsp3) is 0.692. The first-order valence-electron chi connectivity index (χ1n) is 29.5. The zero-order chi connectivity index (χ0) is 49.5. The second kappa shape index (κ2) is 41.3. The molecule has 0 bridgehead atoms. The number of nitrogens with zero attached hydrogens (tertiary/aromatic N) is 2. The smallest absolute Gasteiger partial charge is 0.210 e. The maximum atomic E-state index is 12.3. The molecule has 3 heteroatoms. The fourth-order valence-electron chi connectivity index (χ4n) is 9.77. The van der Waals surface area contributed by atoms with Gasteiger partial charge in [-0.05, 0) is 148 Å². The van der Waals surface area contributed by atoms with Gasteiger partial charge in [0.1, 0.15) is 0 Å². The Balaban J connectivity index is 0.000000702. The summed E-state index contributed by atoms with van der Waals surface area (Å²) in [4.78, 5) is 0. The molecule has 0 saturated heterocycles. The number of rotatable bonds is 40. The van der Waals surface area contributed by atoms with Gasteiger partial charge in [0.25, 0.3) is 0 Å². The monoisotopic (exact) mass is 1020 g/mol. The molecule has 2 aromatic carbocycles. The third-order valence-electron chi connectivity index (χ3n) is 14.0. The van der Waals surface area contributed by atoms with Crippen molar-refractivity contribution in [3.05, 3.63) is 107 Å². The van der Waals surface area contributed by atoms with Crippen molar-refractivity contribution in [1.29, 1.82) is 0 Å². The van der Waals surface area contributed by atoms with E-state index in [1.807, 2.05) is 0 Å². The molecule has 0 saturated carbocycles. The number of benzene rings is 2. The molecule has 2 nitrogen and oxygen atoms in total. The van der Waals surface area contributed by atoms with Crippen molar-refractivity contribution in [2.75, 3.05) is 0 Å². The predicted molar refractivity (Wildman–Crippen MR) is 301 cm³/mol. The van der Waals surface area contributed by atoms with Gasteiger partial charge >= 0.3 is 130 Å². The third-order valence-corrected chi connectivity index (χ3v) is 15.4. The first-order chi connectivity index (χ1) is 33.4. The minimum Gasteiger partial charge on any atom is -0.493 e. The summed E-state index contributed by atoms with van der Waals surface area (Å²) >= 11 is 0.709. The Labute approximate surface area is 432 Å². The minimum atomic E-state index is 0.709. The van der Waals surface area contributed by atoms with Crippen molar-refractivity contribution in [3.8, 4) is 0 Å². The van der Waals surface area contributed by atoms with Crippen LogP contribution in [-0.2, 0) is 56.5 Å². The van der Waals surface area contributed by atoms with Gasteiger partial charge in [-0.2, -0.15) is 0 Å². The molecule has 1 heterocycles. The first kappa shape index (κ1) is 61.8. The Morgan fingerprint density at radius 1 is 0.382 bits per heavy atom. The molecule has 0 amide bonds. The van der Waals surface area contributed by atoms with Crippen LogP contribution >= 0.6 is 0 Å². The van der Waals surface area contributed by atoms with E-state index in [1.54, 1.807) is 27.0 Å². The van der Waals surface area contributed by atoms with Crippen LogP contribution in [0.4, 0.5) is 0 Å². The maximum Gasteiger partial charge on any atom is 0.210 e. The molecule has 0 radical (unpaired) electrons. The molecule has 0 unspecified atom stereocenters. The summed E-state index contributed by atoms with van der Waals surface area (Å²) in [6.45, 7) is 20.7. The van der Waals surface area contributed by atoms with Gasteiger partial charge in [-0.15, -0.1) is 0 Å². The average Bonchev–Trinajstić information content (AvgIpc) is 3.68. The summed E-state index contributed by atoms with van der Waals surface area (Å²) in [6, 6.07) is 9.90. The summed E-state index contributed by atoms with van der Waals surface area (Å²) in [5.41, 5.74) is 27.4. The van der Waals surface area contributed by atoms with E-state index in [0.29, 0.717) is 18.0 Å². The number of aryl methyl sites for hydroxylation is 4. The van der Waals surface area contributed by atoms with Gasteiger partial charge in [-0.25, -0.2) is 4.70 Å². The third kappa shape index (κ3) is 24.7. The molecule has 1 aliphatic rings. The summed E-state index contributed by atoms with van der Waals surface area (Å²) in [6.07, 6.45) is 52.5. The summed E-state index contributed by atoms with van der Waals surface area (Å²) < 4.78 is 6.36. The molecule has 0 atom stereocenters. The zero-order valence-corrected chi connectivity index (χ0v) is 47.9. The van der Waals surface area contributed by atoms with Gasteiger partial charge in [0, 0.05) is 22.8 Å². The molecule has 3 rings (SSSR count). The molecule has 388 valence electrons. The Morgan fingerprint density at radius 2 is 0.721 bits per heavy atom. The number of unbranched alkanes of at least 4 members (excludes halogenated alkanes) is 20. The van der Waals surface area contributed by atoms with Gasteiger partial charge in [0.05, 0.1) is 0 Å². The summed E-state index contributed by atoms with van der Waals surface area (Å²) in [5, 5.41) is 0. The molecule has 0 N–H and O–H groups in total. The minimum absolute atomic E-state index is 0.709. The van der Waals surface area contributed by atoms with E-state index in [2.05, 4.69) is 114 Å².